The molecule has 0 bridgehead atoms. The van der Waals surface area contributed by atoms with Crippen LogP contribution in [0.2, 0.25) is 0 Å². The first-order chi connectivity index (χ1) is 15.2. The fourth-order valence-corrected chi connectivity index (χ4v) is 7.64. The second-order valence-electron chi connectivity index (χ2n) is 10.4. The van der Waals surface area contributed by atoms with Gasteiger partial charge in [-0.3, -0.25) is 4.79 Å². The molecule has 0 aromatic carbocycles. The minimum Gasteiger partial charge on any atom is -0.462 e. The minimum absolute atomic E-state index is 0.0107. The first-order valence-electron chi connectivity index (χ1n) is 11.5. The monoisotopic (exact) mass is 488 g/mol. The molecular formula is C24H31F3O5S. The van der Waals surface area contributed by atoms with Crippen molar-refractivity contribution in [3.8, 4) is 0 Å². The van der Waals surface area contributed by atoms with Crippen molar-refractivity contribution in [3.63, 3.8) is 0 Å². The zero-order valence-electron chi connectivity index (χ0n) is 19.2. The summed E-state index contributed by atoms with van der Waals surface area (Å²) in [5.41, 5.74) is -4.12. The first kappa shape index (κ1) is 24.4. The van der Waals surface area contributed by atoms with Crippen LogP contribution in [0.5, 0.6) is 0 Å². The lowest BCUT2D eigenvalue weighted by molar-refractivity contribution is -0.148. The number of carbonyl (C=O) groups excluding carboxylic acids is 1. The van der Waals surface area contributed by atoms with Crippen LogP contribution in [0.1, 0.15) is 65.7 Å². The molecule has 2 saturated carbocycles. The van der Waals surface area contributed by atoms with E-state index in [1.807, 2.05) is 13.0 Å². The number of halogens is 3. The molecule has 9 heteroatoms. The minimum atomic E-state index is -5.75. The van der Waals surface area contributed by atoms with Crippen LogP contribution in [-0.2, 0) is 23.8 Å². The molecule has 0 aromatic heterocycles. The van der Waals surface area contributed by atoms with E-state index < -0.39 is 26.8 Å². The molecule has 4 aliphatic carbocycles. The van der Waals surface area contributed by atoms with E-state index in [2.05, 4.69) is 23.8 Å². The fourth-order valence-electron chi connectivity index (χ4n) is 7.19. The highest BCUT2D eigenvalue weighted by Gasteiger charge is 2.58. The van der Waals surface area contributed by atoms with Crippen molar-refractivity contribution in [1.29, 1.82) is 0 Å². The zero-order valence-corrected chi connectivity index (χ0v) is 20.0. The second kappa shape index (κ2) is 7.89. The van der Waals surface area contributed by atoms with E-state index in [1.165, 1.54) is 12.5 Å². The summed E-state index contributed by atoms with van der Waals surface area (Å²) in [5.74, 6) is 0.265. The number of ether oxygens (including phenoxy) is 1. The summed E-state index contributed by atoms with van der Waals surface area (Å²) in [4.78, 5) is 11.4. The third-order valence-corrected chi connectivity index (χ3v) is 9.75. The van der Waals surface area contributed by atoms with Crippen LogP contribution in [0.3, 0.4) is 0 Å². The van der Waals surface area contributed by atoms with E-state index in [9.17, 15) is 26.4 Å². The SMILES string of the molecule is C=C(OS(=O)(=O)C(F)(F)F)C1=CCC2C3CC=C4C[C@@H](OC(C)=O)CCC4(C)C3CCC12C. The molecule has 0 N–H and O–H groups in total. The van der Waals surface area contributed by atoms with E-state index >= 15 is 0 Å². The molecule has 33 heavy (non-hydrogen) atoms. The Morgan fingerprint density at radius 1 is 1.09 bits per heavy atom. The summed E-state index contributed by atoms with van der Waals surface area (Å²) in [5, 5.41) is 0. The molecule has 4 aliphatic rings. The van der Waals surface area contributed by atoms with Gasteiger partial charge in [-0.15, -0.1) is 0 Å². The molecule has 2 fully saturated rings. The summed E-state index contributed by atoms with van der Waals surface area (Å²) in [7, 11) is -5.75. The lowest BCUT2D eigenvalue weighted by atomic mass is 9.47. The summed E-state index contributed by atoms with van der Waals surface area (Å²) >= 11 is 0. The van der Waals surface area contributed by atoms with Gasteiger partial charge in [-0.05, 0) is 72.7 Å². The predicted molar refractivity (Wildman–Crippen MR) is 116 cm³/mol. The normalized spacial score (nSPS) is 38.2. The summed E-state index contributed by atoms with van der Waals surface area (Å²) < 4.78 is 71.4. The van der Waals surface area contributed by atoms with Gasteiger partial charge in [-0.25, -0.2) is 0 Å². The molecule has 0 saturated heterocycles. The van der Waals surface area contributed by atoms with Gasteiger partial charge < -0.3 is 8.92 Å². The van der Waals surface area contributed by atoms with Crippen LogP contribution in [0.25, 0.3) is 0 Å². The van der Waals surface area contributed by atoms with Crippen molar-refractivity contribution in [1.82, 2.24) is 0 Å². The van der Waals surface area contributed by atoms with Crippen molar-refractivity contribution in [2.24, 2.45) is 28.6 Å². The number of allylic oxidation sites excluding steroid dienone is 3. The Morgan fingerprint density at radius 2 is 1.76 bits per heavy atom. The van der Waals surface area contributed by atoms with Crippen molar-refractivity contribution < 1.29 is 35.3 Å². The molecule has 0 aromatic rings. The van der Waals surface area contributed by atoms with Gasteiger partial charge in [0.1, 0.15) is 11.9 Å². The maximum absolute atomic E-state index is 12.8. The number of alkyl halides is 3. The van der Waals surface area contributed by atoms with E-state index in [0.29, 0.717) is 23.8 Å². The maximum atomic E-state index is 12.8. The van der Waals surface area contributed by atoms with E-state index in [4.69, 9.17) is 4.74 Å². The molecule has 0 amide bonds. The topological polar surface area (TPSA) is 69.7 Å². The summed E-state index contributed by atoms with van der Waals surface area (Å²) in [6, 6.07) is 0. The van der Waals surface area contributed by atoms with Crippen LogP contribution < -0.4 is 0 Å². The van der Waals surface area contributed by atoms with Crippen molar-refractivity contribution in [2.75, 3.05) is 0 Å². The lowest BCUT2D eigenvalue weighted by Crippen LogP contribution is -2.50. The Kier molecular flexibility index (Phi) is 5.82. The first-order valence-corrected chi connectivity index (χ1v) is 12.9. The van der Waals surface area contributed by atoms with Gasteiger partial charge in [0, 0.05) is 13.3 Å². The zero-order chi connectivity index (χ0) is 24.4. The molecule has 0 heterocycles. The Balaban J connectivity index is 1.54. The van der Waals surface area contributed by atoms with Crippen LogP contribution in [-0.4, -0.2) is 26.0 Å². The molecular weight excluding hydrogens is 457 g/mol. The van der Waals surface area contributed by atoms with Gasteiger partial charge >= 0.3 is 21.6 Å². The largest absolute Gasteiger partial charge is 0.534 e. The lowest BCUT2D eigenvalue weighted by Gasteiger charge is -2.57. The van der Waals surface area contributed by atoms with Crippen molar-refractivity contribution in [2.45, 2.75) is 77.3 Å². The summed E-state index contributed by atoms with van der Waals surface area (Å²) in [6.07, 6.45) is 9.67. The maximum Gasteiger partial charge on any atom is 0.534 e. The van der Waals surface area contributed by atoms with Gasteiger partial charge in [0.25, 0.3) is 0 Å². The van der Waals surface area contributed by atoms with Gasteiger partial charge in [0.2, 0.25) is 0 Å². The molecule has 0 spiro atoms. The Hall–Kier alpha value is -1.77. The van der Waals surface area contributed by atoms with Crippen molar-refractivity contribution >= 4 is 16.1 Å². The Labute approximate surface area is 193 Å². The number of hydrogen-bond acceptors (Lipinski definition) is 5. The van der Waals surface area contributed by atoms with Gasteiger partial charge in [0.15, 0.2) is 0 Å². The molecule has 5 unspecified atom stereocenters. The molecule has 0 radical (unpaired) electrons. The average molecular weight is 489 g/mol. The highest BCUT2D eigenvalue weighted by atomic mass is 32.2. The van der Waals surface area contributed by atoms with E-state index in [-0.39, 0.29) is 23.4 Å². The molecule has 5 nitrogen and oxygen atoms in total. The second-order valence-corrected chi connectivity index (χ2v) is 12.0. The van der Waals surface area contributed by atoms with E-state index in [0.717, 1.165) is 38.5 Å². The van der Waals surface area contributed by atoms with Crippen molar-refractivity contribution in [3.05, 3.63) is 35.6 Å². The van der Waals surface area contributed by atoms with Crippen LogP contribution in [0, 0.1) is 28.6 Å². The van der Waals surface area contributed by atoms with Gasteiger partial charge in [-0.1, -0.05) is 38.2 Å². The smallest absolute Gasteiger partial charge is 0.462 e. The molecule has 4 rings (SSSR count). The highest BCUT2D eigenvalue weighted by molar-refractivity contribution is 7.87. The van der Waals surface area contributed by atoms with Crippen LogP contribution >= 0.6 is 0 Å². The molecule has 6 atom stereocenters. The summed E-state index contributed by atoms with van der Waals surface area (Å²) in [6.45, 7) is 9.29. The number of carbonyl (C=O) groups is 1. The van der Waals surface area contributed by atoms with Crippen LogP contribution in [0.15, 0.2) is 35.6 Å². The third kappa shape index (κ3) is 3.94. The van der Waals surface area contributed by atoms with Crippen LogP contribution in [0.4, 0.5) is 13.2 Å². The number of rotatable bonds is 4. The molecule has 184 valence electrons. The quantitative estimate of drug-likeness (QED) is 0.165. The predicted octanol–water partition coefficient (Wildman–Crippen LogP) is 5.80. The molecule has 0 aliphatic heterocycles. The fraction of sp³-hybridized carbons (Fsp3) is 0.708. The van der Waals surface area contributed by atoms with E-state index in [1.54, 1.807) is 0 Å². The number of hydrogen-bond donors (Lipinski definition) is 0. The van der Waals surface area contributed by atoms with Gasteiger partial charge in [-0.2, -0.15) is 21.6 Å². The third-order valence-electron chi connectivity index (χ3n) is 8.77. The van der Waals surface area contributed by atoms with Gasteiger partial charge in [0.05, 0.1) is 0 Å². The average Bonchev–Trinajstić information content (AvgIpc) is 3.04. The number of fused-ring (bicyclic) bond motifs is 5. The Bertz CT molecular complexity index is 1030. The Morgan fingerprint density at radius 3 is 2.39 bits per heavy atom. The highest BCUT2D eigenvalue weighted by Crippen LogP contribution is 2.65. The number of esters is 1. The standard InChI is InChI=1S/C24H31F3O5S/c1-14(32-33(29,30)24(25,26)27)19-7-8-20-18-6-5-16-13-17(31-15(2)28)9-11-22(16,3)21(18)10-12-23(19,20)4/h5,7,17-18,20-21H,1,6,8-13H2,2-4H3/t17-,18?,20?,21?,22?,23?/m0/s1.